The van der Waals surface area contributed by atoms with Crippen molar-refractivity contribution in [1.29, 1.82) is 0 Å². The molecule has 174 valence electrons. The highest BCUT2D eigenvalue weighted by Gasteiger charge is 2.74. The molecule has 0 aliphatic heterocycles. The number of para-hydroxylation sites is 1. The number of carbonyl (C=O) groups is 3. The first-order chi connectivity index (χ1) is 14.6. The summed E-state index contributed by atoms with van der Waals surface area (Å²) in [4.78, 5) is 36.9. The molecule has 1 aromatic rings. The van der Waals surface area contributed by atoms with Crippen molar-refractivity contribution >= 4 is 18.5 Å². The van der Waals surface area contributed by atoms with E-state index in [1.54, 1.807) is 19.9 Å². The monoisotopic (exact) mass is 440 g/mol. The smallest absolute Gasteiger partial charge is 0.351 e. The Morgan fingerprint density at radius 2 is 1.45 bits per heavy atom. The lowest BCUT2D eigenvalue weighted by molar-refractivity contribution is -0.270. The first-order valence-corrected chi connectivity index (χ1v) is 10.3. The van der Waals surface area contributed by atoms with Crippen LogP contribution in [-0.4, -0.2) is 73.1 Å². The summed E-state index contributed by atoms with van der Waals surface area (Å²) in [6, 6.07) is 7.44. The number of unbranched alkanes of at least 4 members (excludes halogenated alkanes) is 2. The van der Waals surface area contributed by atoms with Gasteiger partial charge in [-0.1, -0.05) is 51.3 Å². The SMILES string of the molecule is CCCCC(O)(CO)C(O)(C=O)C(O)(C=O)C(CCCC)(Oc1ccccc1)C(=O)O. The molecule has 0 aliphatic carbocycles. The van der Waals surface area contributed by atoms with E-state index < -0.39 is 41.4 Å². The van der Waals surface area contributed by atoms with E-state index in [-0.39, 0.29) is 37.6 Å². The molecule has 0 spiro atoms. The highest BCUT2D eigenvalue weighted by Crippen LogP contribution is 2.44. The van der Waals surface area contributed by atoms with Gasteiger partial charge in [-0.2, -0.15) is 0 Å². The Morgan fingerprint density at radius 3 is 1.87 bits per heavy atom. The number of aliphatic carboxylic acids is 1. The normalized spacial score (nSPS) is 19.2. The molecule has 0 saturated heterocycles. The first-order valence-electron chi connectivity index (χ1n) is 10.3. The van der Waals surface area contributed by atoms with Gasteiger partial charge in [0.15, 0.2) is 18.2 Å². The number of carboxylic acid groups (broad SMARTS) is 1. The van der Waals surface area contributed by atoms with Gasteiger partial charge in [-0.25, -0.2) is 4.79 Å². The Labute approximate surface area is 181 Å². The van der Waals surface area contributed by atoms with Crippen LogP contribution in [0.15, 0.2) is 30.3 Å². The van der Waals surface area contributed by atoms with Crippen LogP contribution < -0.4 is 4.74 Å². The quantitative estimate of drug-likeness (QED) is 0.249. The van der Waals surface area contributed by atoms with Gasteiger partial charge in [0.25, 0.3) is 0 Å². The van der Waals surface area contributed by atoms with Gasteiger partial charge < -0.3 is 30.3 Å². The van der Waals surface area contributed by atoms with Crippen LogP contribution in [0.25, 0.3) is 0 Å². The molecule has 4 atom stereocenters. The third kappa shape index (κ3) is 4.64. The fourth-order valence-corrected chi connectivity index (χ4v) is 3.65. The molecule has 0 aliphatic rings. The van der Waals surface area contributed by atoms with Crippen molar-refractivity contribution in [3.8, 4) is 5.75 Å². The summed E-state index contributed by atoms with van der Waals surface area (Å²) in [7, 11) is 0. The molecule has 0 saturated carbocycles. The lowest BCUT2D eigenvalue weighted by Crippen LogP contribution is -2.81. The molecule has 0 bridgehead atoms. The number of ether oxygens (including phenoxy) is 1. The average Bonchev–Trinajstić information content (AvgIpc) is 2.79. The molecule has 0 radical (unpaired) electrons. The predicted octanol–water partition coefficient (Wildman–Crippen LogP) is 0.853. The van der Waals surface area contributed by atoms with Crippen molar-refractivity contribution in [3.05, 3.63) is 30.3 Å². The Kier molecular flexibility index (Phi) is 9.31. The van der Waals surface area contributed by atoms with Gasteiger partial charge in [-0.15, -0.1) is 0 Å². The molecule has 9 nitrogen and oxygen atoms in total. The molecule has 0 amide bonds. The maximum atomic E-state index is 12.5. The number of aldehydes is 2. The molecule has 1 aromatic carbocycles. The van der Waals surface area contributed by atoms with Crippen LogP contribution >= 0.6 is 0 Å². The number of benzene rings is 1. The predicted molar refractivity (Wildman–Crippen MR) is 111 cm³/mol. The van der Waals surface area contributed by atoms with E-state index >= 15 is 0 Å². The van der Waals surface area contributed by atoms with Gasteiger partial charge >= 0.3 is 5.97 Å². The molecule has 1 rings (SSSR count). The van der Waals surface area contributed by atoms with Crippen molar-refractivity contribution in [3.63, 3.8) is 0 Å². The van der Waals surface area contributed by atoms with Crippen molar-refractivity contribution in [2.75, 3.05) is 6.61 Å². The number of aliphatic hydroxyl groups excluding tert-OH is 1. The number of hydrogen-bond acceptors (Lipinski definition) is 8. The summed E-state index contributed by atoms with van der Waals surface area (Å²) in [5, 5.41) is 53.6. The number of rotatable bonds is 15. The zero-order valence-corrected chi connectivity index (χ0v) is 17.9. The number of aliphatic hydroxyl groups is 4. The summed E-state index contributed by atoms with van der Waals surface area (Å²) in [6.45, 7) is 2.25. The van der Waals surface area contributed by atoms with Crippen LogP contribution in [0.3, 0.4) is 0 Å². The maximum Gasteiger partial charge on any atom is 0.351 e. The molecular formula is C22H32O9. The van der Waals surface area contributed by atoms with E-state index in [0.717, 1.165) is 0 Å². The number of carbonyl (C=O) groups excluding carboxylic acids is 2. The highest BCUT2D eigenvalue weighted by atomic mass is 16.6. The lowest BCUT2D eigenvalue weighted by atomic mass is 9.62. The van der Waals surface area contributed by atoms with Crippen LogP contribution in [0.2, 0.25) is 0 Å². The average molecular weight is 440 g/mol. The first kappa shape index (κ1) is 26.7. The summed E-state index contributed by atoms with van der Waals surface area (Å²) in [5.41, 5.74) is -12.4. The van der Waals surface area contributed by atoms with Gasteiger partial charge in [-0.05, 0) is 25.0 Å². The minimum Gasteiger partial charge on any atom is -0.478 e. The summed E-state index contributed by atoms with van der Waals surface area (Å²) in [5.74, 6) is -1.87. The highest BCUT2D eigenvalue weighted by molar-refractivity contribution is 5.92. The summed E-state index contributed by atoms with van der Waals surface area (Å²) >= 11 is 0. The number of carboxylic acids is 1. The second kappa shape index (κ2) is 10.8. The van der Waals surface area contributed by atoms with Crippen molar-refractivity contribution in [2.24, 2.45) is 0 Å². The minimum absolute atomic E-state index is 0.0457. The topological polar surface area (TPSA) is 162 Å². The van der Waals surface area contributed by atoms with Crippen molar-refractivity contribution in [2.45, 2.75) is 74.8 Å². The second-order valence-electron chi connectivity index (χ2n) is 7.71. The van der Waals surface area contributed by atoms with Gasteiger partial charge in [0, 0.05) is 6.42 Å². The van der Waals surface area contributed by atoms with E-state index in [4.69, 9.17) is 4.74 Å². The standard InChI is InChI=1S/C22H32O9/c1-3-5-12-19(28,14-23)21(29,15-24)22(30,16-25)20(18(26)27,13-6-4-2)31-17-10-8-7-9-11-17/h7-11,15-16,23,28-30H,3-6,12-14H2,1-2H3,(H,26,27). The van der Waals surface area contributed by atoms with Crippen LogP contribution in [-0.2, 0) is 14.4 Å². The Bertz CT molecular complexity index is 740. The Hall–Kier alpha value is -2.33. The van der Waals surface area contributed by atoms with Gasteiger partial charge in [0.05, 0.1) is 6.61 Å². The third-order valence-electron chi connectivity index (χ3n) is 5.72. The molecule has 0 heterocycles. The fourth-order valence-electron chi connectivity index (χ4n) is 3.65. The van der Waals surface area contributed by atoms with E-state index in [9.17, 15) is 39.9 Å². The minimum atomic E-state index is -3.45. The maximum absolute atomic E-state index is 12.5. The van der Waals surface area contributed by atoms with Crippen LogP contribution in [0, 0.1) is 0 Å². The van der Waals surface area contributed by atoms with Crippen LogP contribution in [0.5, 0.6) is 5.75 Å². The lowest BCUT2D eigenvalue weighted by Gasteiger charge is -2.52. The largest absolute Gasteiger partial charge is 0.478 e. The number of hydrogen-bond donors (Lipinski definition) is 5. The fraction of sp³-hybridized carbons (Fsp3) is 0.591. The summed E-state index contributed by atoms with van der Waals surface area (Å²) in [6.07, 6.45) is -0.215. The van der Waals surface area contributed by atoms with Crippen LogP contribution in [0.1, 0.15) is 52.4 Å². The molecule has 5 N–H and O–H groups in total. The van der Waals surface area contributed by atoms with E-state index in [2.05, 4.69) is 0 Å². The Balaban J connectivity index is 3.84. The summed E-state index contributed by atoms with van der Waals surface area (Å²) < 4.78 is 5.62. The van der Waals surface area contributed by atoms with E-state index in [1.165, 1.54) is 24.3 Å². The molecule has 0 aromatic heterocycles. The van der Waals surface area contributed by atoms with Crippen molar-refractivity contribution in [1.82, 2.24) is 0 Å². The van der Waals surface area contributed by atoms with E-state index in [1.807, 2.05) is 0 Å². The zero-order chi connectivity index (χ0) is 23.8. The third-order valence-corrected chi connectivity index (χ3v) is 5.72. The van der Waals surface area contributed by atoms with Gasteiger partial charge in [0.1, 0.15) is 11.4 Å². The van der Waals surface area contributed by atoms with Gasteiger partial charge in [-0.3, -0.25) is 9.59 Å². The Morgan fingerprint density at radius 1 is 0.935 bits per heavy atom. The molecular weight excluding hydrogens is 408 g/mol. The van der Waals surface area contributed by atoms with Crippen LogP contribution in [0.4, 0.5) is 0 Å². The molecule has 4 unspecified atom stereocenters. The molecule has 9 heteroatoms. The van der Waals surface area contributed by atoms with E-state index in [0.29, 0.717) is 12.8 Å². The molecule has 0 fully saturated rings. The zero-order valence-electron chi connectivity index (χ0n) is 17.9. The second-order valence-corrected chi connectivity index (χ2v) is 7.71. The van der Waals surface area contributed by atoms with Gasteiger partial charge in [0.2, 0.25) is 11.2 Å². The van der Waals surface area contributed by atoms with Crippen molar-refractivity contribution < 1.29 is 44.7 Å². The molecule has 31 heavy (non-hydrogen) atoms.